The summed E-state index contributed by atoms with van der Waals surface area (Å²) in [5, 5.41) is 0.927. The SMILES string of the molecule is Cc1cnc(-c2nc(N)c3cc(C)sc3n2)c(C)c1. The number of aryl methyl sites for hydroxylation is 3. The van der Waals surface area contributed by atoms with Crippen molar-refractivity contribution < 1.29 is 0 Å². The van der Waals surface area contributed by atoms with Crippen molar-refractivity contribution in [3.8, 4) is 11.5 Å². The predicted octanol–water partition coefficient (Wildman–Crippen LogP) is 3.26. The van der Waals surface area contributed by atoms with Crippen LogP contribution in [0.2, 0.25) is 0 Å². The van der Waals surface area contributed by atoms with Gasteiger partial charge in [-0.05, 0) is 38.0 Å². The van der Waals surface area contributed by atoms with Crippen molar-refractivity contribution in [2.75, 3.05) is 5.73 Å². The van der Waals surface area contributed by atoms with E-state index in [9.17, 15) is 0 Å². The van der Waals surface area contributed by atoms with Crippen molar-refractivity contribution in [3.63, 3.8) is 0 Å². The summed E-state index contributed by atoms with van der Waals surface area (Å²) in [5.41, 5.74) is 9.00. The van der Waals surface area contributed by atoms with Gasteiger partial charge in [0.2, 0.25) is 0 Å². The van der Waals surface area contributed by atoms with E-state index < -0.39 is 0 Å². The number of nitrogens with zero attached hydrogens (tertiary/aromatic N) is 3. The molecule has 0 spiro atoms. The van der Waals surface area contributed by atoms with E-state index in [4.69, 9.17) is 5.73 Å². The van der Waals surface area contributed by atoms with Gasteiger partial charge in [0.1, 0.15) is 16.3 Å². The maximum atomic E-state index is 6.02. The van der Waals surface area contributed by atoms with E-state index in [0.717, 1.165) is 27.0 Å². The van der Waals surface area contributed by atoms with Crippen LogP contribution < -0.4 is 5.73 Å². The van der Waals surface area contributed by atoms with Crippen LogP contribution in [0.25, 0.3) is 21.7 Å². The second kappa shape index (κ2) is 4.28. The van der Waals surface area contributed by atoms with E-state index in [0.29, 0.717) is 11.6 Å². The van der Waals surface area contributed by atoms with Gasteiger partial charge in [0.25, 0.3) is 0 Å². The number of pyridine rings is 1. The van der Waals surface area contributed by atoms with Gasteiger partial charge >= 0.3 is 0 Å². The normalized spacial score (nSPS) is 11.1. The average Bonchev–Trinajstić information content (AvgIpc) is 2.70. The molecule has 0 atom stereocenters. The summed E-state index contributed by atoms with van der Waals surface area (Å²) in [6.07, 6.45) is 1.83. The molecule has 0 aliphatic rings. The molecule has 3 aromatic heterocycles. The Labute approximate surface area is 115 Å². The van der Waals surface area contributed by atoms with Gasteiger partial charge < -0.3 is 5.73 Å². The molecule has 0 amide bonds. The van der Waals surface area contributed by atoms with Crippen LogP contribution in [-0.2, 0) is 0 Å². The highest BCUT2D eigenvalue weighted by atomic mass is 32.1. The van der Waals surface area contributed by atoms with Crippen LogP contribution in [0.15, 0.2) is 18.3 Å². The molecule has 0 bridgehead atoms. The number of hydrogen-bond acceptors (Lipinski definition) is 5. The molecule has 96 valence electrons. The molecule has 3 aromatic rings. The topological polar surface area (TPSA) is 64.7 Å². The van der Waals surface area contributed by atoms with Crippen molar-refractivity contribution in [2.45, 2.75) is 20.8 Å². The summed E-state index contributed by atoms with van der Waals surface area (Å²) < 4.78 is 0. The molecule has 19 heavy (non-hydrogen) atoms. The zero-order valence-electron chi connectivity index (χ0n) is 11.1. The molecule has 0 saturated heterocycles. The van der Waals surface area contributed by atoms with Crippen LogP contribution in [0.1, 0.15) is 16.0 Å². The highest BCUT2D eigenvalue weighted by Gasteiger charge is 2.12. The Morgan fingerprint density at radius 1 is 1.11 bits per heavy atom. The number of anilines is 1. The fourth-order valence-electron chi connectivity index (χ4n) is 2.12. The average molecular weight is 270 g/mol. The van der Waals surface area contributed by atoms with Crippen LogP contribution in [-0.4, -0.2) is 15.0 Å². The minimum atomic E-state index is 0.520. The first-order valence-corrected chi connectivity index (χ1v) is 6.83. The number of aromatic nitrogens is 3. The molecule has 3 rings (SSSR count). The predicted molar refractivity (Wildman–Crippen MR) is 79.3 cm³/mol. The zero-order chi connectivity index (χ0) is 13.6. The number of nitrogen functional groups attached to an aromatic ring is 1. The Balaban J connectivity index is 2.25. The molecule has 0 fully saturated rings. The van der Waals surface area contributed by atoms with Crippen molar-refractivity contribution in [1.82, 2.24) is 15.0 Å². The molecule has 0 unspecified atom stereocenters. The van der Waals surface area contributed by atoms with Crippen LogP contribution in [0.3, 0.4) is 0 Å². The third kappa shape index (κ3) is 2.06. The van der Waals surface area contributed by atoms with Gasteiger partial charge in [-0.1, -0.05) is 6.07 Å². The van der Waals surface area contributed by atoms with E-state index in [1.807, 2.05) is 33.0 Å². The van der Waals surface area contributed by atoms with Gasteiger partial charge in [-0.25, -0.2) is 9.97 Å². The lowest BCUT2D eigenvalue weighted by atomic mass is 10.1. The first-order valence-electron chi connectivity index (χ1n) is 6.02. The Bertz CT molecular complexity index is 776. The zero-order valence-corrected chi connectivity index (χ0v) is 11.9. The van der Waals surface area contributed by atoms with E-state index in [-0.39, 0.29) is 0 Å². The van der Waals surface area contributed by atoms with Crippen molar-refractivity contribution in [3.05, 3.63) is 34.3 Å². The van der Waals surface area contributed by atoms with E-state index >= 15 is 0 Å². The largest absolute Gasteiger partial charge is 0.383 e. The lowest BCUT2D eigenvalue weighted by Crippen LogP contribution is -1.99. The minimum absolute atomic E-state index is 0.520. The maximum absolute atomic E-state index is 6.02. The minimum Gasteiger partial charge on any atom is -0.383 e. The fraction of sp³-hybridized carbons (Fsp3) is 0.214. The van der Waals surface area contributed by atoms with Gasteiger partial charge in [0.05, 0.1) is 5.39 Å². The number of fused-ring (bicyclic) bond motifs is 1. The number of hydrogen-bond donors (Lipinski definition) is 1. The van der Waals surface area contributed by atoms with Gasteiger partial charge in [-0.2, -0.15) is 0 Å². The van der Waals surface area contributed by atoms with Crippen LogP contribution in [0.4, 0.5) is 5.82 Å². The third-order valence-electron chi connectivity index (χ3n) is 2.97. The second-order valence-corrected chi connectivity index (χ2v) is 5.92. The molecule has 5 heteroatoms. The monoisotopic (exact) mass is 270 g/mol. The Kier molecular flexibility index (Phi) is 2.71. The smallest absolute Gasteiger partial charge is 0.181 e. The molecular weight excluding hydrogens is 256 g/mol. The van der Waals surface area contributed by atoms with Crippen LogP contribution >= 0.6 is 11.3 Å². The Morgan fingerprint density at radius 3 is 2.63 bits per heavy atom. The van der Waals surface area contributed by atoms with Gasteiger partial charge in [0.15, 0.2) is 5.82 Å². The number of nitrogens with two attached hydrogens (primary N) is 1. The van der Waals surface area contributed by atoms with Crippen LogP contribution in [0, 0.1) is 20.8 Å². The lowest BCUT2D eigenvalue weighted by Gasteiger charge is -2.05. The first kappa shape index (κ1) is 12.0. The molecule has 2 N–H and O–H groups in total. The molecule has 0 saturated carbocycles. The summed E-state index contributed by atoms with van der Waals surface area (Å²) in [6.45, 7) is 6.07. The highest BCUT2D eigenvalue weighted by Crippen LogP contribution is 2.29. The molecule has 0 aromatic carbocycles. The highest BCUT2D eigenvalue weighted by molar-refractivity contribution is 7.18. The van der Waals surface area contributed by atoms with Gasteiger partial charge in [0, 0.05) is 11.1 Å². The molecule has 0 radical (unpaired) electrons. The van der Waals surface area contributed by atoms with Gasteiger partial charge in [-0.3, -0.25) is 4.98 Å². The Morgan fingerprint density at radius 2 is 1.89 bits per heavy atom. The summed E-state index contributed by atoms with van der Waals surface area (Å²) in [4.78, 5) is 15.5. The fourth-order valence-corrected chi connectivity index (χ4v) is 3.01. The van der Waals surface area contributed by atoms with E-state index in [1.165, 1.54) is 4.88 Å². The summed E-state index contributed by atoms with van der Waals surface area (Å²) in [5.74, 6) is 1.12. The van der Waals surface area contributed by atoms with E-state index in [1.54, 1.807) is 11.3 Å². The van der Waals surface area contributed by atoms with Crippen molar-refractivity contribution in [2.24, 2.45) is 0 Å². The molecule has 0 aliphatic carbocycles. The number of thiophene rings is 1. The maximum Gasteiger partial charge on any atom is 0.181 e. The first-order chi connectivity index (χ1) is 9.04. The van der Waals surface area contributed by atoms with Crippen LogP contribution in [0.5, 0.6) is 0 Å². The summed E-state index contributed by atoms with van der Waals surface area (Å²) >= 11 is 1.63. The number of rotatable bonds is 1. The quantitative estimate of drug-likeness (QED) is 0.737. The molecular formula is C14H14N4S. The molecule has 0 aliphatic heterocycles. The van der Waals surface area contributed by atoms with Crippen molar-refractivity contribution in [1.29, 1.82) is 0 Å². The standard InChI is InChI=1S/C14H14N4S/c1-7-4-8(2)11(16-6-7)13-17-12(15)10-5-9(3)19-14(10)18-13/h4-6H,1-3H3,(H2,15,17,18). The molecule has 4 nitrogen and oxygen atoms in total. The summed E-state index contributed by atoms with van der Waals surface area (Å²) in [6, 6.07) is 4.10. The lowest BCUT2D eigenvalue weighted by molar-refractivity contribution is 1.15. The third-order valence-corrected chi connectivity index (χ3v) is 3.92. The van der Waals surface area contributed by atoms with E-state index in [2.05, 4.69) is 21.0 Å². The molecule has 3 heterocycles. The Hall–Kier alpha value is -2.01. The van der Waals surface area contributed by atoms with Gasteiger partial charge in [-0.15, -0.1) is 11.3 Å². The van der Waals surface area contributed by atoms with Crippen molar-refractivity contribution >= 4 is 27.4 Å². The second-order valence-electron chi connectivity index (χ2n) is 4.69. The summed E-state index contributed by atoms with van der Waals surface area (Å²) in [7, 11) is 0.